The van der Waals surface area contributed by atoms with Crippen LogP contribution in [0.4, 0.5) is 0 Å². The number of nitrogens with one attached hydrogen (secondary N) is 1. The number of amides is 1. The molecule has 0 bridgehead atoms. The van der Waals surface area contributed by atoms with Crippen LogP contribution < -0.4 is 5.32 Å². The molecule has 0 spiro atoms. The Kier molecular flexibility index (Phi) is 8.24. The molecule has 3 heteroatoms. The highest BCUT2D eigenvalue weighted by atomic mass is 16.5. The summed E-state index contributed by atoms with van der Waals surface area (Å²) < 4.78 is 5.31. The third kappa shape index (κ3) is 7.80. The van der Waals surface area contributed by atoms with E-state index in [1.165, 1.54) is 0 Å². The van der Waals surface area contributed by atoms with Crippen molar-refractivity contribution in [3.05, 3.63) is 12.2 Å². The fourth-order valence-corrected chi connectivity index (χ4v) is 0.928. The first-order valence-corrected chi connectivity index (χ1v) is 5.20. The van der Waals surface area contributed by atoms with E-state index >= 15 is 0 Å². The molecule has 0 saturated heterocycles. The first kappa shape index (κ1) is 13.2. The van der Waals surface area contributed by atoms with Crippen LogP contribution in [0.25, 0.3) is 0 Å². The van der Waals surface area contributed by atoms with Gasteiger partial charge in [0.1, 0.15) is 0 Å². The predicted molar refractivity (Wildman–Crippen MR) is 58.2 cm³/mol. The van der Waals surface area contributed by atoms with Crippen molar-refractivity contribution in [1.82, 2.24) is 5.32 Å². The van der Waals surface area contributed by atoms with Gasteiger partial charge in [0.25, 0.3) is 0 Å². The zero-order valence-corrected chi connectivity index (χ0v) is 9.27. The summed E-state index contributed by atoms with van der Waals surface area (Å²) in [6.45, 7) is 9.69. The van der Waals surface area contributed by atoms with E-state index < -0.39 is 0 Å². The molecule has 0 aromatic rings. The summed E-state index contributed by atoms with van der Waals surface area (Å²) in [4.78, 5) is 11.0. The van der Waals surface area contributed by atoms with Gasteiger partial charge in [-0.25, -0.2) is 0 Å². The summed E-state index contributed by atoms with van der Waals surface area (Å²) in [5, 5.41) is 2.78. The summed E-state index contributed by atoms with van der Waals surface area (Å²) in [7, 11) is 0. The van der Waals surface area contributed by atoms with Crippen molar-refractivity contribution in [2.75, 3.05) is 19.8 Å². The molecule has 82 valence electrons. The molecule has 0 radical (unpaired) electrons. The quantitative estimate of drug-likeness (QED) is 0.479. The van der Waals surface area contributed by atoms with Crippen LogP contribution in [0, 0.1) is 0 Å². The van der Waals surface area contributed by atoms with E-state index in [2.05, 4.69) is 18.8 Å². The summed E-state index contributed by atoms with van der Waals surface area (Å²) in [6.07, 6.45) is 3.02. The molecule has 0 fully saturated rings. The average molecular weight is 199 g/mol. The van der Waals surface area contributed by atoms with Crippen LogP contribution in [-0.2, 0) is 9.53 Å². The number of hydrogen-bond acceptors (Lipinski definition) is 2. The Labute approximate surface area is 86.5 Å². The van der Waals surface area contributed by atoms with Gasteiger partial charge in [-0.3, -0.25) is 4.79 Å². The van der Waals surface area contributed by atoms with Gasteiger partial charge in [-0.2, -0.15) is 0 Å². The predicted octanol–water partition coefficient (Wildman–Crippen LogP) is 1.89. The molecule has 3 nitrogen and oxygen atoms in total. The van der Waals surface area contributed by atoms with Gasteiger partial charge in [-0.05, 0) is 26.2 Å². The van der Waals surface area contributed by atoms with Crippen LogP contribution in [0.15, 0.2) is 12.2 Å². The maximum Gasteiger partial charge on any atom is 0.246 e. The van der Waals surface area contributed by atoms with Crippen LogP contribution in [0.1, 0.15) is 33.1 Å². The molecule has 14 heavy (non-hydrogen) atoms. The molecule has 1 amide bonds. The van der Waals surface area contributed by atoms with Crippen molar-refractivity contribution in [1.29, 1.82) is 0 Å². The molecule has 0 unspecified atom stereocenters. The Bertz CT molecular complexity index is 178. The molecule has 0 aliphatic heterocycles. The largest absolute Gasteiger partial charge is 0.381 e. The third-order valence-electron chi connectivity index (χ3n) is 1.74. The number of unbranched alkanes of at least 4 members (excludes halogenated alkanes) is 1. The van der Waals surface area contributed by atoms with E-state index in [4.69, 9.17) is 4.74 Å². The fourth-order valence-electron chi connectivity index (χ4n) is 0.928. The normalized spacial score (nSPS) is 9.86. The standard InChI is InChI=1S/C11H21NO2/c1-4-8-14-9-6-5-7-12-11(13)10(2)3/h2,4-9H2,1,3H3,(H,12,13). The van der Waals surface area contributed by atoms with E-state index in [0.717, 1.165) is 32.5 Å². The van der Waals surface area contributed by atoms with Crippen molar-refractivity contribution in [3.8, 4) is 0 Å². The minimum absolute atomic E-state index is 0.0560. The van der Waals surface area contributed by atoms with Crippen molar-refractivity contribution in [3.63, 3.8) is 0 Å². The lowest BCUT2D eigenvalue weighted by Crippen LogP contribution is -2.24. The molecular weight excluding hydrogens is 178 g/mol. The van der Waals surface area contributed by atoms with E-state index in [1.807, 2.05) is 0 Å². The monoisotopic (exact) mass is 199 g/mol. The van der Waals surface area contributed by atoms with Gasteiger partial charge >= 0.3 is 0 Å². The molecule has 0 aromatic carbocycles. The van der Waals surface area contributed by atoms with Crippen molar-refractivity contribution in [2.45, 2.75) is 33.1 Å². The summed E-state index contributed by atoms with van der Waals surface area (Å²) in [5.41, 5.74) is 0.562. The first-order valence-electron chi connectivity index (χ1n) is 5.20. The van der Waals surface area contributed by atoms with E-state index in [-0.39, 0.29) is 5.91 Å². The SMILES string of the molecule is C=C(C)C(=O)NCCCCOCCC. The topological polar surface area (TPSA) is 38.3 Å². The summed E-state index contributed by atoms with van der Waals surface area (Å²) in [5.74, 6) is -0.0560. The smallest absolute Gasteiger partial charge is 0.246 e. The van der Waals surface area contributed by atoms with Gasteiger partial charge < -0.3 is 10.1 Å². The first-order chi connectivity index (χ1) is 6.68. The molecule has 0 aromatic heterocycles. The summed E-state index contributed by atoms with van der Waals surface area (Å²) in [6, 6.07) is 0. The summed E-state index contributed by atoms with van der Waals surface area (Å²) >= 11 is 0. The maximum atomic E-state index is 11.0. The van der Waals surface area contributed by atoms with E-state index in [0.29, 0.717) is 12.1 Å². The fraction of sp³-hybridized carbons (Fsp3) is 0.727. The maximum absolute atomic E-state index is 11.0. The molecule has 0 heterocycles. The lowest BCUT2D eigenvalue weighted by molar-refractivity contribution is -0.117. The second-order valence-corrected chi connectivity index (χ2v) is 3.36. The van der Waals surface area contributed by atoms with Crippen LogP contribution in [0.5, 0.6) is 0 Å². The molecule has 0 aliphatic carbocycles. The average Bonchev–Trinajstić information content (AvgIpc) is 2.16. The molecule has 0 rings (SSSR count). The molecule has 0 saturated carbocycles. The number of carbonyl (C=O) groups is 1. The highest BCUT2D eigenvalue weighted by Gasteiger charge is 1.98. The van der Waals surface area contributed by atoms with Gasteiger partial charge in [-0.1, -0.05) is 13.5 Å². The molecular formula is C11H21NO2. The number of hydrogen-bond donors (Lipinski definition) is 1. The van der Waals surface area contributed by atoms with Crippen molar-refractivity contribution >= 4 is 5.91 Å². The minimum atomic E-state index is -0.0560. The second kappa shape index (κ2) is 8.75. The van der Waals surface area contributed by atoms with Crippen molar-refractivity contribution in [2.24, 2.45) is 0 Å². The Morgan fingerprint density at radius 3 is 2.64 bits per heavy atom. The lowest BCUT2D eigenvalue weighted by Gasteiger charge is -2.04. The van der Waals surface area contributed by atoms with Crippen LogP contribution in [0.3, 0.4) is 0 Å². The second-order valence-electron chi connectivity index (χ2n) is 3.36. The third-order valence-corrected chi connectivity index (χ3v) is 1.74. The van der Waals surface area contributed by atoms with Crippen LogP contribution in [0.2, 0.25) is 0 Å². The molecule has 1 N–H and O–H groups in total. The van der Waals surface area contributed by atoms with Gasteiger partial charge in [0.05, 0.1) is 0 Å². The molecule has 0 atom stereocenters. The van der Waals surface area contributed by atoms with Gasteiger partial charge in [-0.15, -0.1) is 0 Å². The minimum Gasteiger partial charge on any atom is -0.381 e. The highest BCUT2D eigenvalue weighted by Crippen LogP contribution is 1.91. The lowest BCUT2D eigenvalue weighted by atomic mass is 10.3. The van der Waals surface area contributed by atoms with Gasteiger partial charge in [0.2, 0.25) is 5.91 Å². The Hall–Kier alpha value is -0.830. The zero-order valence-electron chi connectivity index (χ0n) is 9.27. The zero-order chi connectivity index (χ0) is 10.8. The van der Waals surface area contributed by atoms with Gasteiger partial charge in [0, 0.05) is 25.3 Å². The van der Waals surface area contributed by atoms with Crippen LogP contribution >= 0.6 is 0 Å². The Morgan fingerprint density at radius 1 is 1.36 bits per heavy atom. The van der Waals surface area contributed by atoms with E-state index in [1.54, 1.807) is 6.92 Å². The van der Waals surface area contributed by atoms with Gasteiger partial charge in [0.15, 0.2) is 0 Å². The number of ether oxygens (including phenoxy) is 1. The van der Waals surface area contributed by atoms with Crippen molar-refractivity contribution < 1.29 is 9.53 Å². The highest BCUT2D eigenvalue weighted by molar-refractivity contribution is 5.91. The number of carbonyl (C=O) groups excluding carboxylic acids is 1. The van der Waals surface area contributed by atoms with E-state index in [9.17, 15) is 4.79 Å². The van der Waals surface area contributed by atoms with Crippen LogP contribution in [-0.4, -0.2) is 25.7 Å². The Balaban J connectivity index is 3.13. The Morgan fingerprint density at radius 2 is 2.07 bits per heavy atom. The molecule has 0 aliphatic rings. The number of rotatable bonds is 8.